The SMILES string of the molecule is C[C@@H](NCCOc1ccc(Cl)cc1)C(=O)O. The lowest BCUT2D eigenvalue weighted by molar-refractivity contribution is -0.139. The van der Waals surface area contributed by atoms with Gasteiger partial charge in [0.25, 0.3) is 0 Å². The van der Waals surface area contributed by atoms with Gasteiger partial charge in [0.05, 0.1) is 0 Å². The standard InChI is InChI=1S/C11H14ClNO3/c1-8(11(14)15)13-6-7-16-10-4-2-9(12)3-5-10/h2-5,8,13H,6-7H2,1H3,(H,14,15)/t8-/m1/s1. The summed E-state index contributed by atoms with van der Waals surface area (Å²) in [4.78, 5) is 10.5. The van der Waals surface area contributed by atoms with Gasteiger partial charge in [0.15, 0.2) is 0 Å². The summed E-state index contributed by atoms with van der Waals surface area (Å²) in [6.45, 7) is 2.49. The summed E-state index contributed by atoms with van der Waals surface area (Å²) in [5.41, 5.74) is 0. The van der Waals surface area contributed by atoms with Gasteiger partial charge in [-0.1, -0.05) is 11.6 Å². The minimum Gasteiger partial charge on any atom is -0.492 e. The van der Waals surface area contributed by atoms with Crippen molar-refractivity contribution < 1.29 is 14.6 Å². The molecule has 0 spiro atoms. The van der Waals surface area contributed by atoms with Gasteiger partial charge in [-0.05, 0) is 31.2 Å². The maximum Gasteiger partial charge on any atom is 0.320 e. The predicted molar refractivity (Wildman–Crippen MR) is 62.0 cm³/mol. The van der Waals surface area contributed by atoms with E-state index in [0.29, 0.717) is 23.9 Å². The Kier molecular flexibility index (Phi) is 5.08. The van der Waals surface area contributed by atoms with E-state index in [4.69, 9.17) is 21.4 Å². The fourth-order valence-electron chi connectivity index (χ4n) is 1.06. The molecular weight excluding hydrogens is 230 g/mol. The Bertz CT molecular complexity index is 340. The van der Waals surface area contributed by atoms with Crippen LogP contribution < -0.4 is 10.1 Å². The van der Waals surface area contributed by atoms with E-state index in [9.17, 15) is 4.79 Å². The van der Waals surface area contributed by atoms with Gasteiger partial charge in [0, 0.05) is 11.6 Å². The lowest BCUT2D eigenvalue weighted by Crippen LogP contribution is -2.36. The molecule has 1 aromatic rings. The highest BCUT2D eigenvalue weighted by molar-refractivity contribution is 6.30. The molecule has 0 unspecified atom stereocenters. The van der Waals surface area contributed by atoms with Gasteiger partial charge in [0.1, 0.15) is 18.4 Å². The Morgan fingerprint density at radius 1 is 1.50 bits per heavy atom. The molecule has 0 aliphatic carbocycles. The van der Waals surface area contributed by atoms with Crippen molar-refractivity contribution in [1.82, 2.24) is 5.32 Å². The van der Waals surface area contributed by atoms with Crippen LogP contribution in [-0.2, 0) is 4.79 Å². The number of carbonyl (C=O) groups is 1. The molecule has 0 saturated heterocycles. The fraction of sp³-hybridized carbons (Fsp3) is 0.364. The Morgan fingerprint density at radius 2 is 2.12 bits per heavy atom. The molecule has 0 amide bonds. The van der Waals surface area contributed by atoms with Crippen LogP contribution in [0, 0.1) is 0 Å². The molecule has 1 rings (SSSR count). The van der Waals surface area contributed by atoms with Crippen LogP contribution in [0.4, 0.5) is 0 Å². The fourth-order valence-corrected chi connectivity index (χ4v) is 1.19. The summed E-state index contributed by atoms with van der Waals surface area (Å²) in [7, 11) is 0. The van der Waals surface area contributed by atoms with E-state index in [2.05, 4.69) is 5.32 Å². The molecule has 5 heteroatoms. The molecule has 1 atom stereocenters. The molecule has 0 aromatic heterocycles. The highest BCUT2D eigenvalue weighted by Gasteiger charge is 2.08. The zero-order valence-electron chi connectivity index (χ0n) is 8.94. The van der Waals surface area contributed by atoms with E-state index in [0.717, 1.165) is 0 Å². The Morgan fingerprint density at radius 3 is 2.69 bits per heavy atom. The summed E-state index contributed by atoms with van der Waals surface area (Å²) < 4.78 is 5.38. The molecule has 88 valence electrons. The van der Waals surface area contributed by atoms with Crippen molar-refractivity contribution in [2.24, 2.45) is 0 Å². The molecule has 0 bridgehead atoms. The van der Waals surface area contributed by atoms with Crippen molar-refractivity contribution in [3.8, 4) is 5.75 Å². The molecule has 0 saturated carbocycles. The number of hydrogen-bond acceptors (Lipinski definition) is 3. The van der Waals surface area contributed by atoms with E-state index >= 15 is 0 Å². The lowest BCUT2D eigenvalue weighted by atomic mass is 10.3. The first-order valence-corrected chi connectivity index (χ1v) is 5.32. The largest absolute Gasteiger partial charge is 0.492 e. The third kappa shape index (κ3) is 4.51. The maximum absolute atomic E-state index is 10.5. The molecule has 16 heavy (non-hydrogen) atoms. The number of hydrogen-bond donors (Lipinski definition) is 2. The molecule has 0 aliphatic rings. The number of benzene rings is 1. The van der Waals surface area contributed by atoms with Crippen molar-refractivity contribution in [1.29, 1.82) is 0 Å². The highest BCUT2D eigenvalue weighted by Crippen LogP contribution is 2.14. The van der Waals surface area contributed by atoms with Crippen molar-refractivity contribution in [2.75, 3.05) is 13.2 Å². The third-order valence-electron chi connectivity index (χ3n) is 2.01. The Labute approximate surface area is 99.2 Å². The second kappa shape index (κ2) is 6.35. The van der Waals surface area contributed by atoms with Crippen LogP contribution in [0.15, 0.2) is 24.3 Å². The summed E-state index contributed by atoms with van der Waals surface area (Å²) in [5, 5.41) is 12.1. The van der Waals surface area contributed by atoms with Crippen molar-refractivity contribution >= 4 is 17.6 Å². The van der Waals surface area contributed by atoms with Crippen LogP contribution in [0.5, 0.6) is 5.75 Å². The normalized spacial score (nSPS) is 12.1. The van der Waals surface area contributed by atoms with E-state index in [1.807, 2.05) is 0 Å². The minimum absolute atomic E-state index is 0.416. The van der Waals surface area contributed by atoms with Gasteiger partial charge in [-0.25, -0.2) is 0 Å². The first-order valence-electron chi connectivity index (χ1n) is 4.94. The maximum atomic E-state index is 10.5. The molecule has 0 heterocycles. The lowest BCUT2D eigenvalue weighted by Gasteiger charge is -2.10. The average Bonchev–Trinajstić information content (AvgIpc) is 2.26. The van der Waals surface area contributed by atoms with Crippen molar-refractivity contribution in [3.05, 3.63) is 29.3 Å². The van der Waals surface area contributed by atoms with E-state index < -0.39 is 12.0 Å². The van der Waals surface area contributed by atoms with Gasteiger partial charge < -0.3 is 15.2 Å². The van der Waals surface area contributed by atoms with Crippen LogP contribution in [0.25, 0.3) is 0 Å². The molecule has 0 radical (unpaired) electrons. The van der Waals surface area contributed by atoms with Gasteiger partial charge in [-0.2, -0.15) is 0 Å². The first-order chi connectivity index (χ1) is 7.59. The molecular formula is C11H14ClNO3. The highest BCUT2D eigenvalue weighted by atomic mass is 35.5. The number of aliphatic carboxylic acids is 1. The smallest absolute Gasteiger partial charge is 0.320 e. The van der Waals surface area contributed by atoms with Crippen LogP contribution in [0.2, 0.25) is 5.02 Å². The third-order valence-corrected chi connectivity index (χ3v) is 2.26. The van der Waals surface area contributed by atoms with Crippen LogP contribution >= 0.6 is 11.6 Å². The van der Waals surface area contributed by atoms with Gasteiger partial charge in [-0.3, -0.25) is 4.79 Å². The summed E-state index contributed by atoms with van der Waals surface area (Å²) in [6, 6.07) is 6.45. The second-order valence-electron chi connectivity index (χ2n) is 3.32. The zero-order valence-corrected chi connectivity index (χ0v) is 9.70. The number of rotatable bonds is 6. The van der Waals surface area contributed by atoms with E-state index in [1.165, 1.54) is 0 Å². The van der Waals surface area contributed by atoms with Crippen molar-refractivity contribution in [3.63, 3.8) is 0 Å². The number of ether oxygens (including phenoxy) is 1. The minimum atomic E-state index is -0.869. The van der Waals surface area contributed by atoms with Gasteiger partial charge >= 0.3 is 5.97 Å². The topological polar surface area (TPSA) is 58.6 Å². The monoisotopic (exact) mass is 243 g/mol. The van der Waals surface area contributed by atoms with Gasteiger partial charge in [0.2, 0.25) is 0 Å². The summed E-state index contributed by atoms with van der Waals surface area (Å²) in [5.74, 6) is -0.152. The first kappa shape index (κ1) is 12.8. The van der Waals surface area contributed by atoms with Crippen LogP contribution in [-0.4, -0.2) is 30.3 Å². The van der Waals surface area contributed by atoms with E-state index in [1.54, 1.807) is 31.2 Å². The van der Waals surface area contributed by atoms with Crippen LogP contribution in [0.1, 0.15) is 6.92 Å². The molecule has 0 aliphatic heterocycles. The van der Waals surface area contributed by atoms with Crippen molar-refractivity contribution in [2.45, 2.75) is 13.0 Å². The molecule has 2 N–H and O–H groups in total. The number of nitrogens with one attached hydrogen (secondary N) is 1. The Balaban J connectivity index is 2.21. The molecule has 4 nitrogen and oxygen atoms in total. The number of halogens is 1. The molecule has 0 fully saturated rings. The average molecular weight is 244 g/mol. The zero-order chi connectivity index (χ0) is 12.0. The van der Waals surface area contributed by atoms with Gasteiger partial charge in [-0.15, -0.1) is 0 Å². The number of carboxylic acids is 1. The van der Waals surface area contributed by atoms with Crippen LogP contribution in [0.3, 0.4) is 0 Å². The predicted octanol–water partition coefficient (Wildman–Crippen LogP) is 1.78. The second-order valence-corrected chi connectivity index (χ2v) is 3.75. The number of carboxylic acid groups (broad SMARTS) is 1. The van der Waals surface area contributed by atoms with E-state index in [-0.39, 0.29) is 0 Å². The summed E-state index contributed by atoms with van der Waals surface area (Å²) >= 11 is 5.72. The Hall–Kier alpha value is -1.26. The quantitative estimate of drug-likeness (QED) is 0.748. The molecule has 1 aromatic carbocycles. The summed E-state index contributed by atoms with van der Waals surface area (Å²) in [6.07, 6.45) is 0.